The van der Waals surface area contributed by atoms with E-state index >= 15 is 0 Å². The summed E-state index contributed by atoms with van der Waals surface area (Å²) in [5.41, 5.74) is -2.12. The molecule has 4 nitrogen and oxygen atoms in total. The van der Waals surface area contributed by atoms with Crippen molar-refractivity contribution in [2.45, 2.75) is 38.9 Å². The fourth-order valence-electron chi connectivity index (χ4n) is 1.88. The van der Waals surface area contributed by atoms with Crippen molar-refractivity contribution in [1.29, 1.82) is 0 Å². The van der Waals surface area contributed by atoms with Crippen LogP contribution in [0.25, 0.3) is 5.69 Å². The molecule has 0 atom stereocenters. The molecule has 21 heavy (non-hydrogen) atoms. The standard InChI is InChI=1S/C15H18BFN2O2/c1-14(2)15(3,4)21-16(20-14)13-9-19(10-18-13)12-8-6-5-7-11(12)17/h5-10H,1-4H3/i5D,6D,7D,8D,9D,10D. The number of benzene rings is 1. The van der Waals surface area contributed by atoms with Crippen molar-refractivity contribution < 1.29 is 21.9 Å². The highest BCUT2D eigenvalue weighted by molar-refractivity contribution is 6.61. The van der Waals surface area contributed by atoms with E-state index in [4.69, 9.17) is 17.5 Å². The zero-order chi connectivity index (χ0) is 20.5. The molecule has 0 amide bonds. The summed E-state index contributed by atoms with van der Waals surface area (Å²) in [6.07, 6.45) is -1.00. The Hall–Kier alpha value is -1.66. The third-order valence-electron chi connectivity index (χ3n) is 3.82. The van der Waals surface area contributed by atoms with Crippen LogP contribution in [0.15, 0.2) is 36.6 Å². The molecule has 110 valence electrons. The molecule has 0 saturated carbocycles. The number of hydrogen-bond donors (Lipinski definition) is 0. The van der Waals surface area contributed by atoms with Gasteiger partial charge in [0.25, 0.3) is 0 Å². The van der Waals surface area contributed by atoms with Gasteiger partial charge in [0.1, 0.15) is 7.19 Å². The largest absolute Gasteiger partial charge is 0.516 e. The lowest BCUT2D eigenvalue weighted by atomic mass is 9.86. The van der Waals surface area contributed by atoms with Crippen LogP contribution in [0.3, 0.4) is 0 Å². The number of halogens is 1. The molecule has 0 bridgehead atoms. The van der Waals surface area contributed by atoms with Gasteiger partial charge in [-0.15, -0.1) is 0 Å². The van der Waals surface area contributed by atoms with E-state index in [-0.39, 0.29) is 5.59 Å². The fraction of sp³-hybridized carbons (Fsp3) is 0.400. The molecule has 1 saturated heterocycles. The van der Waals surface area contributed by atoms with Crippen molar-refractivity contribution in [2.24, 2.45) is 0 Å². The molecule has 2 aromatic rings. The van der Waals surface area contributed by atoms with Gasteiger partial charge in [0.2, 0.25) is 0 Å². The molecule has 0 unspecified atom stereocenters. The van der Waals surface area contributed by atoms with Crippen LogP contribution in [0.1, 0.15) is 35.9 Å². The Labute approximate surface area is 132 Å². The van der Waals surface area contributed by atoms with Crippen LogP contribution in [-0.2, 0) is 9.31 Å². The summed E-state index contributed by atoms with van der Waals surface area (Å²) in [5.74, 6) is -1.26. The third-order valence-corrected chi connectivity index (χ3v) is 3.82. The van der Waals surface area contributed by atoms with E-state index in [0.29, 0.717) is 4.57 Å². The molecule has 1 aromatic heterocycles. The molecule has 1 aliphatic heterocycles. The highest BCUT2D eigenvalue weighted by atomic mass is 19.1. The average Bonchev–Trinajstić information content (AvgIpc) is 2.97. The van der Waals surface area contributed by atoms with E-state index in [1.807, 2.05) is 27.7 Å². The smallest absolute Gasteiger partial charge is 0.398 e. The molecule has 1 fully saturated rings. The Morgan fingerprint density at radius 3 is 2.48 bits per heavy atom. The Morgan fingerprint density at radius 1 is 1.19 bits per heavy atom. The first-order valence-corrected chi connectivity index (χ1v) is 6.48. The molecule has 0 radical (unpaired) electrons. The Morgan fingerprint density at radius 2 is 1.81 bits per heavy atom. The van der Waals surface area contributed by atoms with Crippen molar-refractivity contribution in [2.75, 3.05) is 0 Å². The number of para-hydroxylation sites is 1. The van der Waals surface area contributed by atoms with Crippen LogP contribution in [0.2, 0.25) is 0 Å². The summed E-state index contributed by atoms with van der Waals surface area (Å²) < 4.78 is 74.1. The minimum absolute atomic E-state index is 0.0644. The number of imidazole rings is 1. The van der Waals surface area contributed by atoms with Gasteiger partial charge in [-0.25, -0.2) is 9.37 Å². The van der Waals surface area contributed by atoms with E-state index in [0.717, 1.165) is 0 Å². The maximum Gasteiger partial charge on any atom is 0.516 e. The van der Waals surface area contributed by atoms with Crippen LogP contribution in [0.5, 0.6) is 0 Å². The molecule has 2 heterocycles. The highest BCUT2D eigenvalue weighted by Gasteiger charge is 2.52. The van der Waals surface area contributed by atoms with Gasteiger partial charge in [0.05, 0.1) is 35.6 Å². The van der Waals surface area contributed by atoms with E-state index < -0.39 is 66.5 Å². The van der Waals surface area contributed by atoms with Crippen molar-refractivity contribution in [3.05, 3.63) is 42.5 Å². The first kappa shape index (κ1) is 8.71. The second kappa shape index (κ2) is 4.68. The molecule has 3 rings (SSSR count). The average molecular weight is 294 g/mol. The Bertz CT molecular complexity index is 904. The van der Waals surface area contributed by atoms with E-state index in [9.17, 15) is 4.39 Å². The monoisotopic (exact) mass is 294 g/mol. The zero-order valence-corrected chi connectivity index (χ0v) is 12.2. The van der Waals surface area contributed by atoms with Crippen molar-refractivity contribution in [3.8, 4) is 5.69 Å². The molecule has 0 aliphatic carbocycles. The summed E-state index contributed by atoms with van der Waals surface area (Å²) in [6.45, 7) is 7.23. The van der Waals surface area contributed by atoms with Gasteiger partial charge in [-0.1, -0.05) is 12.1 Å². The fourth-order valence-corrected chi connectivity index (χ4v) is 1.88. The maximum absolute atomic E-state index is 14.6. The minimum atomic E-state index is -1.26. The second-order valence-electron chi connectivity index (χ2n) is 5.80. The summed E-state index contributed by atoms with van der Waals surface area (Å²) in [6, 6.07) is -2.98. The molecule has 0 N–H and O–H groups in total. The Balaban J connectivity index is 2.18. The van der Waals surface area contributed by atoms with Crippen molar-refractivity contribution in [3.63, 3.8) is 0 Å². The lowest BCUT2D eigenvalue weighted by Crippen LogP contribution is -2.41. The first-order valence-electron chi connectivity index (χ1n) is 9.48. The number of hydrogen-bond acceptors (Lipinski definition) is 3. The second-order valence-corrected chi connectivity index (χ2v) is 5.80. The summed E-state index contributed by atoms with van der Waals surface area (Å²) in [4.78, 5) is 3.94. The van der Waals surface area contributed by atoms with Crippen molar-refractivity contribution in [1.82, 2.24) is 9.55 Å². The van der Waals surface area contributed by atoms with E-state index in [1.165, 1.54) is 0 Å². The predicted molar refractivity (Wildman–Crippen MR) is 79.2 cm³/mol. The summed E-state index contributed by atoms with van der Waals surface area (Å²) >= 11 is 0. The Kier molecular flexibility index (Phi) is 1.94. The van der Waals surface area contributed by atoms with Gasteiger partial charge in [-0.2, -0.15) is 0 Å². The van der Waals surface area contributed by atoms with Crippen LogP contribution in [0, 0.1) is 5.82 Å². The van der Waals surface area contributed by atoms with Crippen LogP contribution in [0.4, 0.5) is 4.39 Å². The predicted octanol–water partition coefficient (Wildman–Crippen LogP) is 2.31. The van der Waals surface area contributed by atoms with Gasteiger partial charge < -0.3 is 13.9 Å². The van der Waals surface area contributed by atoms with Gasteiger partial charge in [0, 0.05) is 6.17 Å². The topological polar surface area (TPSA) is 36.3 Å². The normalized spacial score (nSPS) is 24.0. The number of rotatable bonds is 2. The molecule has 1 aliphatic rings. The lowest BCUT2D eigenvalue weighted by Gasteiger charge is -2.32. The molecule has 0 spiro atoms. The van der Waals surface area contributed by atoms with Crippen LogP contribution >= 0.6 is 0 Å². The minimum Gasteiger partial charge on any atom is -0.398 e. The summed E-state index contributed by atoms with van der Waals surface area (Å²) in [5, 5.41) is 0. The maximum atomic E-state index is 14.6. The van der Waals surface area contributed by atoms with Crippen LogP contribution < -0.4 is 5.59 Å². The quantitative estimate of drug-likeness (QED) is 0.798. The highest BCUT2D eigenvalue weighted by Crippen LogP contribution is 2.36. The third kappa shape index (κ3) is 2.38. The van der Waals surface area contributed by atoms with E-state index in [1.54, 1.807) is 0 Å². The van der Waals surface area contributed by atoms with Gasteiger partial charge in [-0.05, 0) is 39.8 Å². The number of aromatic nitrogens is 2. The zero-order valence-electron chi connectivity index (χ0n) is 18.2. The van der Waals surface area contributed by atoms with Crippen molar-refractivity contribution >= 4 is 12.7 Å². The molecule has 6 heteroatoms. The van der Waals surface area contributed by atoms with Gasteiger partial charge in [-0.3, -0.25) is 0 Å². The molecule has 1 aromatic carbocycles. The lowest BCUT2D eigenvalue weighted by molar-refractivity contribution is 0.00578. The van der Waals surface area contributed by atoms with Gasteiger partial charge >= 0.3 is 7.12 Å². The number of nitrogens with zero attached hydrogens (tertiary/aromatic N) is 2. The van der Waals surface area contributed by atoms with Gasteiger partial charge in [0.15, 0.2) is 0 Å². The molecular weight excluding hydrogens is 270 g/mol. The molecular formula is C15H18BFN2O2. The first-order chi connectivity index (χ1) is 12.3. The SMILES string of the molecule is [2H]c1c([2H])c([2H])c(-n2c([2H])nc(B3OC(C)(C)C(C)(C)O3)c2[2H])c(F)c1[2H]. The van der Waals surface area contributed by atoms with E-state index in [2.05, 4.69) is 4.98 Å². The van der Waals surface area contributed by atoms with Crippen LogP contribution in [-0.4, -0.2) is 27.9 Å². The summed E-state index contributed by atoms with van der Waals surface area (Å²) in [7, 11) is -1.06.